The molecule has 2 aromatic rings. The van der Waals surface area contributed by atoms with Crippen molar-refractivity contribution in [2.75, 3.05) is 18.4 Å². The molecule has 0 atom stereocenters. The van der Waals surface area contributed by atoms with Crippen LogP contribution in [0.15, 0.2) is 23.1 Å². The third-order valence-electron chi connectivity index (χ3n) is 5.73. The van der Waals surface area contributed by atoms with E-state index in [0.29, 0.717) is 24.4 Å². The molecule has 1 N–H and O–H groups in total. The third kappa shape index (κ3) is 3.97. The summed E-state index contributed by atoms with van der Waals surface area (Å²) in [6, 6.07) is 3.25. The van der Waals surface area contributed by atoms with Gasteiger partial charge in [0.1, 0.15) is 5.65 Å². The van der Waals surface area contributed by atoms with E-state index < -0.39 is 15.8 Å². The number of nitrogens with zero attached hydrogens (tertiary/aromatic N) is 4. The summed E-state index contributed by atoms with van der Waals surface area (Å²) in [6.07, 6.45) is 6.47. The molecule has 3 heterocycles. The molecule has 0 aromatic carbocycles. The lowest BCUT2D eigenvalue weighted by Gasteiger charge is -2.31. The summed E-state index contributed by atoms with van der Waals surface area (Å²) in [4.78, 5) is 21.3. The van der Waals surface area contributed by atoms with Crippen LogP contribution >= 0.6 is 0 Å². The second-order valence-electron chi connectivity index (χ2n) is 7.58. The minimum atomic E-state index is -4.54. The first-order valence-electron chi connectivity index (χ1n) is 9.78. The van der Waals surface area contributed by atoms with E-state index in [1.165, 1.54) is 6.07 Å². The number of rotatable bonds is 5. The monoisotopic (exact) mass is 427 g/mol. The van der Waals surface area contributed by atoms with E-state index >= 15 is 0 Å². The number of pyridine rings is 1. The van der Waals surface area contributed by atoms with Gasteiger partial charge in [-0.2, -0.15) is 18.1 Å². The Kier molecular flexibility index (Phi) is 5.52. The molecule has 8 nitrogen and oxygen atoms in total. The maximum atomic E-state index is 12.7. The number of sulfonamides is 1. The van der Waals surface area contributed by atoms with Crippen molar-refractivity contribution in [2.45, 2.75) is 56.4 Å². The second-order valence-corrected chi connectivity index (χ2v) is 9.48. The topological polar surface area (TPSA) is 97.2 Å². The zero-order chi connectivity index (χ0) is 20.6. The normalized spacial score (nSPS) is 20.0. The predicted octanol–water partition coefficient (Wildman–Crippen LogP) is 2.34. The molecule has 158 valence electrons. The maximum Gasteiger partial charge on any atom is 0.350 e. The highest BCUT2D eigenvalue weighted by molar-refractivity contribution is 7.89. The first-order chi connectivity index (χ1) is 13.9. The lowest BCUT2D eigenvalue weighted by atomic mass is 10.1. The van der Waals surface area contributed by atoms with Crippen LogP contribution in [0.1, 0.15) is 44.6 Å². The molecule has 1 aliphatic carbocycles. The fourth-order valence-corrected chi connectivity index (χ4v) is 5.12. The van der Waals surface area contributed by atoms with Gasteiger partial charge in [0.05, 0.1) is 0 Å². The van der Waals surface area contributed by atoms with Gasteiger partial charge in [-0.25, -0.2) is 13.4 Å². The van der Waals surface area contributed by atoms with Gasteiger partial charge >= 0.3 is 5.76 Å². The average Bonchev–Trinajstić information content (AvgIpc) is 3.22. The zero-order valence-corrected chi connectivity index (χ0v) is 16.6. The number of nitrogens with one attached hydrogen (secondary N) is 1. The molecule has 1 saturated heterocycles. The van der Waals surface area contributed by atoms with Gasteiger partial charge in [0.15, 0.2) is 0 Å². The number of hydrogen-bond acceptors (Lipinski definition) is 6. The lowest BCUT2D eigenvalue weighted by Crippen LogP contribution is -2.44. The fraction of sp³-hybridized carbons (Fsp3) is 0.611. The Morgan fingerprint density at radius 2 is 1.79 bits per heavy atom. The summed E-state index contributed by atoms with van der Waals surface area (Å²) in [5, 5.41) is 3.94. The van der Waals surface area contributed by atoms with E-state index in [-0.39, 0.29) is 30.7 Å². The van der Waals surface area contributed by atoms with Gasteiger partial charge in [-0.15, -0.1) is 0 Å². The van der Waals surface area contributed by atoms with E-state index in [0.717, 1.165) is 35.4 Å². The summed E-state index contributed by atoms with van der Waals surface area (Å²) in [5.74, 6) is -3.05. The van der Waals surface area contributed by atoms with Crippen LogP contribution in [0.5, 0.6) is 0 Å². The van der Waals surface area contributed by atoms with Crippen LogP contribution in [0.4, 0.5) is 14.7 Å². The van der Waals surface area contributed by atoms with Crippen molar-refractivity contribution < 1.29 is 17.2 Å². The standard InChI is InChI=1S/C18H23F2N5O3S/c19-17(20)29(27,28)24-9-7-13(8-10-24)22-18-21-11-12-5-6-15(26)25(16(12)23-18)14-3-1-2-4-14/h5-6,11,13-14,17H,1-4,7-10H2,(H,21,22,23). The van der Waals surface area contributed by atoms with E-state index in [4.69, 9.17) is 0 Å². The maximum absolute atomic E-state index is 12.7. The van der Waals surface area contributed by atoms with Crippen LogP contribution in [0.2, 0.25) is 0 Å². The summed E-state index contributed by atoms with van der Waals surface area (Å²) < 4.78 is 51.1. The van der Waals surface area contributed by atoms with E-state index in [1.54, 1.807) is 16.8 Å². The molecule has 4 rings (SSSR count). The summed E-state index contributed by atoms with van der Waals surface area (Å²) >= 11 is 0. The number of piperidine rings is 1. The van der Waals surface area contributed by atoms with Crippen molar-refractivity contribution in [2.24, 2.45) is 0 Å². The molecule has 29 heavy (non-hydrogen) atoms. The number of fused-ring (bicyclic) bond motifs is 1. The van der Waals surface area contributed by atoms with Gasteiger partial charge in [-0.1, -0.05) is 12.8 Å². The summed E-state index contributed by atoms with van der Waals surface area (Å²) in [7, 11) is -4.54. The molecule has 2 aliphatic rings. The minimum Gasteiger partial charge on any atom is -0.351 e. The van der Waals surface area contributed by atoms with Crippen molar-refractivity contribution >= 4 is 27.0 Å². The quantitative estimate of drug-likeness (QED) is 0.787. The molecular weight excluding hydrogens is 404 g/mol. The van der Waals surface area contributed by atoms with Gasteiger partial charge < -0.3 is 5.32 Å². The molecule has 2 fully saturated rings. The number of halogens is 2. The molecule has 0 amide bonds. The Balaban J connectivity index is 1.52. The molecule has 0 unspecified atom stereocenters. The Morgan fingerprint density at radius 3 is 2.45 bits per heavy atom. The van der Waals surface area contributed by atoms with Crippen LogP contribution in [0, 0.1) is 0 Å². The molecule has 0 spiro atoms. The van der Waals surface area contributed by atoms with Gasteiger partial charge in [0.25, 0.3) is 15.6 Å². The summed E-state index contributed by atoms with van der Waals surface area (Å²) in [5.41, 5.74) is 0.499. The van der Waals surface area contributed by atoms with Gasteiger partial charge in [0.2, 0.25) is 5.95 Å². The van der Waals surface area contributed by atoms with Crippen molar-refractivity contribution in [3.8, 4) is 0 Å². The van der Waals surface area contributed by atoms with Gasteiger partial charge in [-0.3, -0.25) is 9.36 Å². The average molecular weight is 427 g/mol. The second kappa shape index (κ2) is 7.94. The van der Waals surface area contributed by atoms with E-state index in [1.807, 2.05) is 0 Å². The molecule has 0 radical (unpaired) electrons. The number of aromatic nitrogens is 3. The highest BCUT2D eigenvalue weighted by atomic mass is 32.2. The number of anilines is 1. The van der Waals surface area contributed by atoms with Gasteiger partial charge in [-0.05, 0) is 31.7 Å². The van der Waals surface area contributed by atoms with E-state index in [2.05, 4.69) is 15.3 Å². The highest BCUT2D eigenvalue weighted by Gasteiger charge is 2.35. The molecule has 1 saturated carbocycles. The first-order valence-corrected chi connectivity index (χ1v) is 11.3. The molecular formula is C18H23F2N5O3S. The SMILES string of the molecule is O=c1ccc2cnc(NC3CCN(S(=O)(=O)C(F)F)CC3)nc2n1C1CCCC1. The van der Waals surface area contributed by atoms with E-state index in [9.17, 15) is 22.0 Å². The highest BCUT2D eigenvalue weighted by Crippen LogP contribution is 2.30. The van der Waals surface area contributed by atoms with Crippen LogP contribution < -0.4 is 10.9 Å². The van der Waals surface area contributed by atoms with Crippen molar-refractivity contribution in [1.82, 2.24) is 18.8 Å². The number of hydrogen-bond donors (Lipinski definition) is 1. The molecule has 2 aromatic heterocycles. The Morgan fingerprint density at radius 1 is 1.10 bits per heavy atom. The number of alkyl halides is 2. The van der Waals surface area contributed by atoms with Crippen molar-refractivity contribution in [1.29, 1.82) is 0 Å². The Hall–Kier alpha value is -2.14. The van der Waals surface area contributed by atoms with Crippen LogP contribution in [-0.4, -0.2) is 52.1 Å². The van der Waals surface area contributed by atoms with Crippen LogP contribution in [0.25, 0.3) is 11.0 Å². The zero-order valence-electron chi connectivity index (χ0n) is 15.8. The molecule has 0 bridgehead atoms. The lowest BCUT2D eigenvalue weighted by molar-refractivity contribution is 0.212. The summed E-state index contributed by atoms with van der Waals surface area (Å²) in [6.45, 7) is 0.0371. The third-order valence-corrected chi connectivity index (χ3v) is 7.26. The smallest absolute Gasteiger partial charge is 0.350 e. The predicted molar refractivity (Wildman–Crippen MR) is 104 cm³/mol. The van der Waals surface area contributed by atoms with Crippen LogP contribution in [0.3, 0.4) is 0 Å². The molecule has 1 aliphatic heterocycles. The van der Waals surface area contributed by atoms with Gasteiger partial charge in [0, 0.05) is 42.8 Å². The molecule has 11 heteroatoms. The minimum absolute atomic E-state index is 0.0186. The first kappa shape index (κ1) is 20.1. The van der Waals surface area contributed by atoms with Crippen molar-refractivity contribution in [3.05, 3.63) is 28.7 Å². The fourth-order valence-electron chi connectivity index (χ4n) is 4.17. The van der Waals surface area contributed by atoms with Crippen molar-refractivity contribution in [3.63, 3.8) is 0 Å². The van der Waals surface area contributed by atoms with Crippen LogP contribution in [-0.2, 0) is 10.0 Å². The Bertz CT molecular complexity index is 1050. The Labute approximate surface area is 167 Å². The largest absolute Gasteiger partial charge is 0.351 e.